The normalized spacial score (nSPS) is 10.8. The molecule has 0 spiro atoms. The number of hydrogen-bond donors (Lipinski definition) is 1. The molecular weight excluding hydrogens is 328 g/mol. The molecule has 2 rings (SSSR count). The highest BCUT2D eigenvalue weighted by Crippen LogP contribution is 2.20. The van der Waals surface area contributed by atoms with Crippen molar-refractivity contribution in [3.63, 3.8) is 0 Å². The number of carbonyl (C=O) groups is 1. The van der Waals surface area contributed by atoms with Gasteiger partial charge in [-0.2, -0.15) is 8.78 Å². The molecule has 0 aliphatic carbocycles. The zero-order valence-corrected chi connectivity index (χ0v) is 14.2. The van der Waals surface area contributed by atoms with E-state index in [1.807, 2.05) is 26.0 Å². The number of ether oxygens (including phenoxy) is 1. The van der Waals surface area contributed by atoms with Gasteiger partial charge in [0.2, 0.25) is 0 Å². The first-order valence-corrected chi connectivity index (χ1v) is 7.93. The molecule has 25 heavy (non-hydrogen) atoms. The zero-order chi connectivity index (χ0) is 18.2. The molecule has 0 unspecified atom stereocenters. The molecule has 0 saturated carbocycles. The first-order chi connectivity index (χ1) is 12.0. The maximum Gasteiger partial charge on any atom is 0.387 e. The number of alkyl halides is 2. The Morgan fingerprint density at radius 1 is 1.24 bits per heavy atom. The summed E-state index contributed by atoms with van der Waals surface area (Å²) in [7, 11) is 0. The van der Waals surface area contributed by atoms with E-state index in [2.05, 4.69) is 15.0 Å². The maximum absolute atomic E-state index is 12.5. The number of pyridine rings is 1. The molecule has 1 aromatic carbocycles. The van der Waals surface area contributed by atoms with Crippen LogP contribution in [0.2, 0.25) is 0 Å². The van der Waals surface area contributed by atoms with E-state index in [-0.39, 0.29) is 24.4 Å². The Hall–Kier alpha value is -2.70. The number of nitrogens with one attached hydrogen (secondary N) is 1. The van der Waals surface area contributed by atoms with Gasteiger partial charge in [0.05, 0.1) is 0 Å². The summed E-state index contributed by atoms with van der Waals surface area (Å²) in [6.45, 7) is 1.41. The number of hydrogen-bond acceptors (Lipinski definition) is 3. The van der Waals surface area contributed by atoms with Crippen LogP contribution >= 0.6 is 0 Å². The molecule has 1 heterocycles. The Bertz CT molecular complexity index is 681. The Morgan fingerprint density at radius 2 is 2.00 bits per heavy atom. The Morgan fingerprint density at radius 3 is 2.64 bits per heavy atom. The van der Waals surface area contributed by atoms with Gasteiger partial charge >= 0.3 is 12.6 Å². The summed E-state index contributed by atoms with van der Waals surface area (Å²) >= 11 is 0. The van der Waals surface area contributed by atoms with E-state index in [0.29, 0.717) is 12.1 Å². The Labute approximate surface area is 145 Å². The minimum absolute atomic E-state index is 0.0345. The number of para-hydroxylation sites is 1. The van der Waals surface area contributed by atoms with Crippen molar-refractivity contribution in [2.75, 3.05) is 0 Å². The van der Waals surface area contributed by atoms with Crippen LogP contribution in [-0.4, -0.2) is 28.6 Å². The lowest BCUT2D eigenvalue weighted by Gasteiger charge is -2.27. The first-order valence-electron chi connectivity index (χ1n) is 7.93. The van der Waals surface area contributed by atoms with Gasteiger partial charge in [-0.25, -0.2) is 4.79 Å². The molecule has 0 radical (unpaired) electrons. The summed E-state index contributed by atoms with van der Waals surface area (Å²) in [5.74, 6) is 0.0566. The quantitative estimate of drug-likeness (QED) is 0.827. The second kappa shape index (κ2) is 8.96. The SMILES string of the molecule is CC(C)N(Cc1cccnc1)C(=O)NCc1ccccc1OC(F)F. The largest absolute Gasteiger partial charge is 0.434 e. The van der Waals surface area contributed by atoms with Gasteiger partial charge in [0.25, 0.3) is 0 Å². The average molecular weight is 349 g/mol. The molecule has 0 fully saturated rings. The van der Waals surface area contributed by atoms with Crippen molar-refractivity contribution >= 4 is 6.03 Å². The van der Waals surface area contributed by atoms with Crippen LogP contribution in [0.4, 0.5) is 13.6 Å². The Kier molecular flexibility index (Phi) is 6.68. The van der Waals surface area contributed by atoms with E-state index in [9.17, 15) is 13.6 Å². The van der Waals surface area contributed by atoms with E-state index >= 15 is 0 Å². The number of carbonyl (C=O) groups excluding carboxylic acids is 1. The minimum Gasteiger partial charge on any atom is -0.434 e. The number of aromatic nitrogens is 1. The fraction of sp³-hybridized carbons (Fsp3) is 0.333. The highest BCUT2D eigenvalue weighted by atomic mass is 19.3. The lowest BCUT2D eigenvalue weighted by Crippen LogP contribution is -2.43. The third-order valence-corrected chi connectivity index (χ3v) is 3.58. The van der Waals surface area contributed by atoms with Gasteiger partial charge in [0.15, 0.2) is 0 Å². The standard InChI is InChI=1S/C18H21F2N3O2/c1-13(2)23(12-14-6-5-9-21-10-14)18(24)22-11-15-7-3-4-8-16(15)25-17(19)20/h3-10,13,17H,11-12H2,1-2H3,(H,22,24). The van der Waals surface area contributed by atoms with E-state index in [1.165, 1.54) is 6.07 Å². The van der Waals surface area contributed by atoms with Crippen molar-refractivity contribution < 1.29 is 18.3 Å². The lowest BCUT2D eigenvalue weighted by atomic mass is 10.2. The summed E-state index contributed by atoms with van der Waals surface area (Å²) in [6.07, 6.45) is 3.37. The van der Waals surface area contributed by atoms with Crippen LogP contribution in [0.5, 0.6) is 5.75 Å². The molecule has 2 aromatic rings. The highest BCUT2D eigenvalue weighted by Gasteiger charge is 2.18. The average Bonchev–Trinajstić information content (AvgIpc) is 2.59. The fourth-order valence-corrected chi connectivity index (χ4v) is 2.31. The van der Waals surface area contributed by atoms with Crippen LogP contribution in [0.3, 0.4) is 0 Å². The number of urea groups is 1. The summed E-state index contributed by atoms with van der Waals surface area (Å²) in [6, 6.07) is 9.77. The molecule has 1 aromatic heterocycles. The molecule has 2 amide bonds. The molecule has 0 aliphatic rings. The fourth-order valence-electron chi connectivity index (χ4n) is 2.31. The molecule has 1 N–H and O–H groups in total. The van der Waals surface area contributed by atoms with E-state index < -0.39 is 6.61 Å². The van der Waals surface area contributed by atoms with E-state index in [0.717, 1.165) is 5.56 Å². The van der Waals surface area contributed by atoms with Crippen molar-refractivity contribution in [1.82, 2.24) is 15.2 Å². The monoisotopic (exact) mass is 349 g/mol. The van der Waals surface area contributed by atoms with Crippen LogP contribution in [0, 0.1) is 0 Å². The molecule has 7 heteroatoms. The van der Waals surface area contributed by atoms with Crippen LogP contribution in [0.1, 0.15) is 25.0 Å². The van der Waals surface area contributed by atoms with E-state index in [4.69, 9.17) is 0 Å². The van der Waals surface area contributed by atoms with Gasteiger partial charge in [-0.05, 0) is 31.5 Å². The van der Waals surface area contributed by atoms with Crippen LogP contribution in [0.25, 0.3) is 0 Å². The summed E-state index contributed by atoms with van der Waals surface area (Å²) in [5.41, 5.74) is 1.40. The van der Waals surface area contributed by atoms with Crippen molar-refractivity contribution in [3.8, 4) is 5.75 Å². The second-order valence-corrected chi connectivity index (χ2v) is 5.73. The van der Waals surface area contributed by atoms with Crippen molar-refractivity contribution in [2.24, 2.45) is 0 Å². The van der Waals surface area contributed by atoms with Gasteiger partial charge in [-0.1, -0.05) is 24.3 Å². The summed E-state index contributed by atoms with van der Waals surface area (Å²) in [4.78, 5) is 18.2. The minimum atomic E-state index is -2.91. The van der Waals surface area contributed by atoms with E-state index in [1.54, 1.807) is 35.5 Å². The molecule has 5 nitrogen and oxygen atoms in total. The smallest absolute Gasteiger partial charge is 0.387 e. The first kappa shape index (κ1) is 18.6. The molecular formula is C18H21F2N3O2. The topological polar surface area (TPSA) is 54.5 Å². The highest BCUT2D eigenvalue weighted by molar-refractivity contribution is 5.74. The third-order valence-electron chi connectivity index (χ3n) is 3.58. The second-order valence-electron chi connectivity index (χ2n) is 5.73. The lowest BCUT2D eigenvalue weighted by molar-refractivity contribution is -0.0504. The number of rotatable bonds is 7. The summed E-state index contributed by atoms with van der Waals surface area (Å²) < 4.78 is 29.4. The van der Waals surface area contributed by atoms with Crippen LogP contribution < -0.4 is 10.1 Å². The van der Waals surface area contributed by atoms with Crippen molar-refractivity contribution in [1.29, 1.82) is 0 Å². The van der Waals surface area contributed by atoms with Crippen molar-refractivity contribution in [3.05, 3.63) is 59.9 Å². The Balaban J connectivity index is 2.02. The number of halogens is 2. The maximum atomic E-state index is 12.5. The molecule has 0 bridgehead atoms. The zero-order valence-electron chi connectivity index (χ0n) is 14.2. The molecule has 0 saturated heterocycles. The number of benzene rings is 1. The predicted octanol–water partition coefficient (Wildman–Crippen LogP) is 3.80. The van der Waals surface area contributed by atoms with Gasteiger partial charge < -0.3 is 15.0 Å². The van der Waals surface area contributed by atoms with Crippen LogP contribution in [0.15, 0.2) is 48.8 Å². The molecule has 0 aliphatic heterocycles. The van der Waals surface area contributed by atoms with Gasteiger partial charge in [0.1, 0.15) is 5.75 Å². The van der Waals surface area contributed by atoms with Gasteiger partial charge in [-0.3, -0.25) is 4.98 Å². The van der Waals surface area contributed by atoms with Gasteiger partial charge in [-0.15, -0.1) is 0 Å². The summed E-state index contributed by atoms with van der Waals surface area (Å²) in [5, 5.41) is 2.76. The molecule has 134 valence electrons. The predicted molar refractivity (Wildman–Crippen MR) is 90.2 cm³/mol. The van der Waals surface area contributed by atoms with Gasteiger partial charge in [0, 0.05) is 37.1 Å². The third kappa shape index (κ3) is 5.70. The van der Waals surface area contributed by atoms with Crippen LogP contribution in [-0.2, 0) is 13.1 Å². The number of amides is 2. The van der Waals surface area contributed by atoms with Crippen molar-refractivity contribution in [2.45, 2.75) is 39.6 Å². The number of nitrogens with zero attached hydrogens (tertiary/aromatic N) is 2. The molecule has 0 atom stereocenters.